The van der Waals surface area contributed by atoms with Crippen LogP contribution in [-0.4, -0.2) is 74.3 Å². The third-order valence-electron chi connectivity index (χ3n) is 5.61. The van der Waals surface area contributed by atoms with Crippen molar-refractivity contribution >= 4 is 19.7 Å². The minimum absolute atomic E-state index is 0.157. The van der Waals surface area contributed by atoms with Crippen LogP contribution in [0.25, 0.3) is 0 Å². The normalized spacial score (nSPS) is 25.1. The van der Waals surface area contributed by atoms with E-state index < -0.39 is 75.4 Å². The van der Waals surface area contributed by atoms with E-state index in [0.29, 0.717) is 0 Å². The Morgan fingerprint density at radius 2 is 1.61 bits per heavy atom. The van der Waals surface area contributed by atoms with Crippen molar-refractivity contribution in [3.63, 3.8) is 0 Å². The van der Waals surface area contributed by atoms with Gasteiger partial charge in [0.2, 0.25) is 5.91 Å². The molecular weight excluding hydrogens is 525 g/mol. The van der Waals surface area contributed by atoms with Crippen molar-refractivity contribution in [2.75, 3.05) is 6.61 Å². The summed E-state index contributed by atoms with van der Waals surface area (Å²) in [5, 5.41) is 53.4. The number of phosphoric acid groups is 1. The van der Waals surface area contributed by atoms with Gasteiger partial charge in [-0.05, 0) is 24.3 Å². The van der Waals surface area contributed by atoms with Crippen LogP contribution in [0.2, 0.25) is 0 Å². The quantitative estimate of drug-likeness (QED) is 0.161. The van der Waals surface area contributed by atoms with E-state index in [0.717, 1.165) is 6.92 Å². The molecule has 4 unspecified atom stereocenters. The van der Waals surface area contributed by atoms with Gasteiger partial charge in [0, 0.05) is 19.8 Å². The highest BCUT2D eigenvalue weighted by Gasteiger charge is 2.53. The van der Waals surface area contributed by atoms with Gasteiger partial charge in [0.25, 0.3) is 5.79 Å². The molecule has 0 aliphatic carbocycles. The molecule has 0 radical (unpaired) electrons. The smallest absolute Gasteiger partial charge is 0.477 e. The third kappa shape index (κ3) is 7.98. The Morgan fingerprint density at radius 3 is 2.08 bits per heavy atom. The van der Waals surface area contributed by atoms with Crippen LogP contribution < -0.4 is 14.4 Å². The summed E-state index contributed by atoms with van der Waals surface area (Å²) in [6.07, 6.45) is -7.68. The highest BCUT2D eigenvalue weighted by molar-refractivity contribution is 7.49. The Labute approximate surface area is 218 Å². The third-order valence-corrected chi connectivity index (χ3v) is 6.94. The number of ether oxygens (including phenoxy) is 1. The predicted octanol–water partition coefficient (Wildman–Crippen LogP) is 1.01. The first-order chi connectivity index (χ1) is 17.9. The molecule has 38 heavy (non-hydrogen) atoms. The topological polar surface area (TPSA) is 201 Å². The van der Waals surface area contributed by atoms with Gasteiger partial charge in [-0.15, -0.1) is 0 Å². The summed E-state index contributed by atoms with van der Waals surface area (Å²) >= 11 is 0. The van der Waals surface area contributed by atoms with Crippen molar-refractivity contribution in [2.24, 2.45) is 5.92 Å². The number of hydrogen-bond acceptors (Lipinski definition) is 11. The van der Waals surface area contributed by atoms with E-state index in [-0.39, 0.29) is 11.5 Å². The molecule has 2 aromatic rings. The largest absolute Gasteiger partial charge is 0.587 e. The zero-order chi connectivity index (χ0) is 27.9. The Morgan fingerprint density at radius 1 is 1.08 bits per heavy atom. The SMILES string of the molecule is CC(=O)N[C@@H](O)C1C(O)CC(O)(C(=O)O)OC1C[C@H](O)COP(=O)(Oc1ccccc1)Oc1ccccc1. The molecule has 0 spiro atoms. The molecule has 1 saturated heterocycles. The van der Waals surface area contributed by atoms with Crippen LogP contribution in [0.15, 0.2) is 60.7 Å². The van der Waals surface area contributed by atoms with E-state index >= 15 is 0 Å². The molecule has 6 atom stereocenters. The van der Waals surface area contributed by atoms with Gasteiger partial charge >= 0.3 is 13.8 Å². The van der Waals surface area contributed by atoms with Gasteiger partial charge in [0.15, 0.2) is 0 Å². The van der Waals surface area contributed by atoms with E-state index in [1.54, 1.807) is 36.4 Å². The molecule has 0 aromatic heterocycles. The van der Waals surface area contributed by atoms with Crippen molar-refractivity contribution in [2.45, 2.75) is 50.1 Å². The predicted molar refractivity (Wildman–Crippen MR) is 130 cm³/mol. The van der Waals surface area contributed by atoms with Crippen molar-refractivity contribution in [3.05, 3.63) is 60.7 Å². The van der Waals surface area contributed by atoms with Gasteiger partial charge < -0.3 is 44.6 Å². The monoisotopic (exact) mass is 555 g/mol. The van der Waals surface area contributed by atoms with E-state index in [1.165, 1.54) is 24.3 Å². The Hall–Kier alpha value is -3.03. The molecule has 0 bridgehead atoms. The molecule has 2 aromatic carbocycles. The number of carbonyl (C=O) groups excluding carboxylic acids is 1. The van der Waals surface area contributed by atoms with Gasteiger partial charge in [0.1, 0.15) is 17.7 Å². The number of aliphatic hydroxyl groups is 4. The van der Waals surface area contributed by atoms with Crippen LogP contribution in [-0.2, 0) is 23.4 Å². The zero-order valence-corrected chi connectivity index (χ0v) is 21.2. The number of rotatable bonds is 12. The van der Waals surface area contributed by atoms with Crippen molar-refractivity contribution in [1.29, 1.82) is 0 Å². The number of amides is 1. The van der Waals surface area contributed by atoms with Crippen LogP contribution in [0.5, 0.6) is 11.5 Å². The lowest BCUT2D eigenvalue weighted by atomic mass is 9.83. The number of carbonyl (C=O) groups is 2. The summed E-state index contributed by atoms with van der Waals surface area (Å²) in [7, 11) is -4.38. The van der Waals surface area contributed by atoms with Gasteiger partial charge in [0.05, 0.1) is 30.8 Å². The fourth-order valence-electron chi connectivity index (χ4n) is 3.91. The molecule has 6 N–H and O–H groups in total. The average Bonchev–Trinajstić information content (AvgIpc) is 2.83. The fraction of sp³-hybridized carbons (Fsp3) is 0.417. The lowest BCUT2D eigenvalue weighted by molar-refractivity contribution is -0.297. The molecule has 0 saturated carbocycles. The van der Waals surface area contributed by atoms with Gasteiger partial charge in [-0.25, -0.2) is 9.36 Å². The summed E-state index contributed by atoms with van der Waals surface area (Å²) in [6, 6.07) is 16.0. The Balaban J connectivity index is 1.76. The van der Waals surface area contributed by atoms with Crippen LogP contribution in [0.1, 0.15) is 19.8 Å². The number of hydrogen-bond donors (Lipinski definition) is 6. The first-order valence-corrected chi connectivity index (χ1v) is 13.1. The second kappa shape index (κ2) is 12.7. The Kier molecular flexibility index (Phi) is 9.85. The highest BCUT2D eigenvalue weighted by atomic mass is 31.2. The number of aliphatic carboxylic acids is 1. The molecule has 14 heteroatoms. The maximum Gasteiger partial charge on any atom is 0.587 e. The number of carboxylic acid groups (broad SMARTS) is 1. The second-order valence-electron chi connectivity index (χ2n) is 8.68. The molecule has 1 amide bonds. The first-order valence-electron chi connectivity index (χ1n) is 11.6. The molecule has 208 valence electrons. The minimum atomic E-state index is -4.38. The van der Waals surface area contributed by atoms with Crippen molar-refractivity contribution in [1.82, 2.24) is 5.32 Å². The number of phosphoric ester groups is 1. The molecule has 13 nitrogen and oxygen atoms in total. The lowest BCUT2D eigenvalue weighted by Gasteiger charge is -2.44. The number of carboxylic acids is 1. The summed E-state index contributed by atoms with van der Waals surface area (Å²) in [4.78, 5) is 23.0. The van der Waals surface area contributed by atoms with Crippen LogP contribution >= 0.6 is 7.82 Å². The molecule has 1 aliphatic heterocycles. The maximum absolute atomic E-state index is 13.4. The van der Waals surface area contributed by atoms with E-state index in [2.05, 4.69) is 5.32 Å². The zero-order valence-electron chi connectivity index (χ0n) is 20.3. The molecule has 1 aliphatic rings. The number of nitrogens with one attached hydrogen (secondary N) is 1. The van der Waals surface area contributed by atoms with E-state index in [1.807, 2.05) is 0 Å². The van der Waals surface area contributed by atoms with Crippen molar-refractivity contribution < 1.29 is 58.0 Å². The van der Waals surface area contributed by atoms with Gasteiger partial charge in [-0.2, -0.15) is 0 Å². The van der Waals surface area contributed by atoms with Crippen LogP contribution in [0.4, 0.5) is 0 Å². The molecule has 1 heterocycles. The lowest BCUT2D eigenvalue weighted by Crippen LogP contribution is -2.61. The van der Waals surface area contributed by atoms with Crippen LogP contribution in [0, 0.1) is 5.92 Å². The van der Waals surface area contributed by atoms with Crippen LogP contribution in [0.3, 0.4) is 0 Å². The number of aliphatic hydroxyl groups excluding tert-OH is 3. The summed E-state index contributed by atoms with van der Waals surface area (Å²) in [5.74, 6) is -6.28. The summed E-state index contributed by atoms with van der Waals surface area (Å²) < 4.78 is 35.0. The van der Waals surface area contributed by atoms with Gasteiger partial charge in [-0.3, -0.25) is 9.32 Å². The first kappa shape index (κ1) is 29.5. The van der Waals surface area contributed by atoms with Crippen molar-refractivity contribution in [3.8, 4) is 11.5 Å². The second-order valence-corrected chi connectivity index (χ2v) is 10.2. The molecular formula is C24H30NO12P. The maximum atomic E-state index is 13.4. The minimum Gasteiger partial charge on any atom is -0.477 e. The summed E-state index contributed by atoms with van der Waals surface area (Å²) in [6.45, 7) is 0.433. The summed E-state index contributed by atoms with van der Waals surface area (Å²) in [5.41, 5.74) is 0. The number of para-hydroxylation sites is 2. The fourth-order valence-corrected chi connectivity index (χ4v) is 5.17. The Bertz CT molecular complexity index is 1070. The molecule has 3 rings (SSSR count). The highest BCUT2D eigenvalue weighted by Crippen LogP contribution is 2.49. The standard InChI is InChI=1S/C24H30NO12P/c1-15(26)25-22(29)21-19(28)13-24(32,23(30)31)35-20(21)12-16(27)14-34-38(33,36-17-8-4-2-5-9-17)37-18-10-6-3-7-11-18/h2-11,16,19-22,27-29,32H,12-14H2,1H3,(H,25,26)(H,30,31)/t16-,19?,20?,21?,22-,24?/m0/s1. The van der Waals surface area contributed by atoms with Gasteiger partial charge in [-0.1, -0.05) is 36.4 Å². The average molecular weight is 555 g/mol. The van der Waals surface area contributed by atoms with E-state index in [4.69, 9.17) is 18.3 Å². The number of benzene rings is 2. The molecule has 1 fully saturated rings. The van der Waals surface area contributed by atoms with E-state index in [9.17, 15) is 39.7 Å².